The van der Waals surface area contributed by atoms with E-state index in [0.29, 0.717) is 5.82 Å². The van der Waals surface area contributed by atoms with Crippen LogP contribution in [0.2, 0.25) is 0 Å². The van der Waals surface area contributed by atoms with Crippen molar-refractivity contribution in [3.8, 4) is 0 Å². The van der Waals surface area contributed by atoms with Crippen LogP contribution in [0.4, 0.5) is 41.9 Å². The molecule has 140 valence electrons. The highest BCUT2D eigenvalue weighted by Gasteiger charge is 2.30. The number of aryl methyl sites for hydroxylation is 2. The normalized spacial score (nSPS) is 11.3. The summed E-state index contributed by atoms with van der Waals surface area (Å²) < 4.78 is 38.6. The highest BCUT2D eigenvalue weighted by atomic mass is 19.4. The summed E-state index contributed by atoms with van der Waals surface area (Å²) in [7, 11) is 0. The summed E-state index contributed by atoms with van der Waals surface area (Å²) in [4.78, 5) is 8.18. The van der Waals surface area contributed by atoms with E-state index in [1.54, 1.807) is 0 Å². The van der Waals surface area contributed by atoms with E-state index in [1.165, 1.54) is 18.5 Å². The van der Waals surface area contributed by atoms with Gasteiger partial charge < -0.3 is 16.4 Å². The Morgan fingerprint density at radius 1 is 0.926 bits per heavy atom. The number of benzene rings is 2. The van der Waals surface area contributed by atoms with Gasteiger partial charge in [-0.3, -0.25) is 0 Å². The molecular weight excluding hydrogens is 355 g/mol. The smallest absolute Gasteiger partial charge is 0.393 e. The van der Waals surface area contributed by atoms with Crippen LogP contribution >= 0.6 is 0 Å². The molecule has 3 rings (SSSR count). The third kappa shape index (κ3) is 4.28. The monoisotopic (exact) mass is 373 g/mol. The second kappa shape index (κ2) is 7.14. The summed E-state index contributed by atoms with van der Waals surface area (Å²) in [6.07, 6.45) is -3.13. The molecule has 0 saturated heterocycles. The molecule has 5 nitrogen and oxygen atoms in total. The molecule has 4 N–H and O–H groups in total. The zero-order chi connectivity index (χ0) is 19.6. The van der Waals surface area contributed by atoms with Gasteiger partial charge in [0.2, 0.25) is 0 Å². The van der Waals surface area contributed by atoms with Crippen molar-refractivity contribution in [1.82, 2.24) is 9.97 Å². The van der Waals surface area contributed by atoms with Crippen molar-refractivity contribution in [2.75, 3.05) is 16.4 Å². The molecule has 1 aromatic heterocycles. The molecule has 0 unspecified atom stereocenters. The van der Waals surface area contributed by atoms with Gasteiger partial charge in [0.25, 0.3) is 0 Å². The maximum absolute atomic E-state index is 12.9. The van der Waals surface area contributed by atoms with Crippen LogP contribution in [-0.2, 0) is 6.18 Å². The van der Waals surface area contributed by atoms with Crippen LogP contribution in [0.15, 0.2) is 48.8 Å². The zero-order valence-corrected chi connectivity index (χ0v) is 14.7. The molecule has 2 aromatic carbocycles. The van der Waals surface area contributed by atoms with E-state index in [2.05, 4.69) is 20.6 Å². The molecule has 0 amide bonds. The van der Waals surface area contributed by atoms with Crippen LogP contribution in [0.5, 0.6) is 0 Å². The van der Waals surface area contributed by atoms with Gasteiger partial charge in [0.05, 0.1) is 5.56 Å². The van der Waals surface area contributed by atoms with Crippen molar-refractivity contribution in [2.24, 2.45) is 0 Å². The molecule has 0 aliphatic heterocycles. The molecular formula is C19H18F3N5. The van der Waals surface area contributed by atoms with E-state index in [4.69, 9.17) is 5.73 Å². The third-order valence-electron chi connectivity index (χ3n) is 3.98. The van der Waals surface area contributed by atoms with Crippen molar-refractivity contribution in [2.45, 2.75) is 20.0 Å². The lowest BCUT2D eigenvalue weighted by atomic mass is 10.1. The quantitative estimate of drug-likeness (QED) is 0.587. The SMILES string of the molecule is Cc1ccc(C)c(Nc2ncnc(Nc3cccc(C(F)(F)F)c3)c2N)c1. The highest BCUT2D eigenvalue weighted by Crippen LogP contribution is 2.33. The Bertz CT molecular complexity index is 970. The number of aromatic nitrogens is 2. The van der Waals surface area contributed by atoms with Gasteiger partial charge in [-0.15, -0.1) is 0 Å². The number of anilines is 5. The van der Waals surface area contributed by atoms with E-state index in [0.717, 1.165) is 28.9 Å². The van der Waals surface area contributed by atoms with Crippen LogP contribution in [0.3, 0.4) is 0 Å². The maximum Gasteiger partial charge on any atom is 0.416 e. The summed E-state index contributed by atoms with van der Waals surface area (Å²) in [6, 6.07) is 10.7. The van der Waals surface area contributed by atoms with Crippen molar-refractivity contribution >= 4 is 28.7 Å². The first-order valence-corrected chi connectivity index (χ1v) is 8.13. The summed E-state index contributed by atoms with van der Waals surface area (Å²) in [5.74, 6) is 0.588. The molecule has 0 aliphatic carbocycles. The standard InChI is InChI=1S/C19H18F3N5/c1-11-6-7-12(2)15(8-11)27-18-16(23)17(24-10-25-18)26-14-5-3-4-13(9-14)19(20,21)22/h3-10H,23H2,1-2H3,(H2,24,25,26,27). The fourth-order valence-electron chi connectivity index (χ4n) is 2.50. The number of halogens is 3. The maximum atomic E-state index is 12.9. The van der Waals surface area contributed by atoms with E-state index < -0.39 is 11.7 Å². The van der Waals surface area contributed by atoms with Crippen molar-refractivity contribution in [3.05, 3.63) is 65.5 Å². The zero-order valence-electron chi connectivity index (χ0n) is 14.7. The molecule has 0 saturated carbocycles. The Kier molecular flexibility index (Phi) is 4.89. The fourth-order valence-corrected chi connectivity index (χ4v) is 2.50. The minimum absolute atomic E-state index is 0.204. The number of nitrogens with two attached hydrogens (primary N) is 1. The Labute approximate surface area is 154 Å². The number of alkyl halides is 3. The first-order valence-electron chi connectivity index (χ1n) is 8.13. The first kappa shape index (κ1) is 18.5. The largest absolute Gasteiger partial charge is 0.416 e. The summed E-state index contributed by atoms with van der Waals surface area (Å²) in [5.41, 5.74) is 8.71. The van der Waals surface area contributed by atoms with Gasteiger partial charge in [-0.2, -0.15) is 13.2 Å². The number of nitrogen functional groups attached to an aromatic ring is 1. The van der Waals surface area contributed by atoms with Crippen molar-refractivity contribution < 1.29 is 13.2 Å². The minimum atomic E-state index is -4.43. The number of nitrogens with zero attached hydrogens (tertiary/aromatic N) is 2. The number of nitrogens with one attached hydrogen (secondary N) is 2. The predicted molar refractivity (Wildman–Crippen MR) is 100 cm³/mol. The molecule has 0 fully saturated rings. The molecule has 8 heteroatoms. The number of hydrogen-bond acceptors (Lipinski definition) is 5. The summed E-state index contributed by atoms with van der Waals surface area (Å²) >= 11 is 0. The highest BCUT2D eigenvalue weighted by molar-refractivity contribution is 5.80. The Morgan fingerprint density at radius 2 is 1.63 bits per heavy atom. The average molecular weight is 373 g/mol. The third-order valence-corrected chi connectivity index (χ3v) is 3.98. The second-order valence-electron chi connectivity index (χ2n) is 6.13. The molecule has 1 heterocycles. The van der Waals surface area contributed by atoms with E-state index >= 15 is 0 Å². The molecule has 0 radical (unpaired) electrons. The molecule has 27 heavy (non-hydrogen) atoms. The van der Waals surface area contributed by atoms with Crippen LogP contribution < -0.4 is 16.4 Å². The molecule has 0 spiro atoms. The number of rotatable bonds is 4. The van der Waals surface area contributed by atoms with Gasteiger partial charge in [-0.1, -0.05) is 18.2 Å². The number of hydrogen-bond donors (Lipinski definition) is 3. The molecule has 0 bridgehead atoms. The van der Waals surface area contributed by atoms with Crippen LogP contribution in [0.1, 0.15) is 16.7 Å². The van der Waals surface area contributed by atoms with Gasteiger partial charge in [0, 0.05) is 11.4 Å². The lowest BCUT2D eigenvalue weighted by molar-refractivity contribution is -0.137. The average Bonchev–Trinajstić information content (AvgIpc) is 2.61. The van der Waals surface area contributed by atoms with Gasteiger partial charge >= 0.3 is 6.18 Å². The van der Waals surface area contributed by atoms with Crippen molar-refractivity contribution in [1.29, 1.82) is 0 Å². The van der Waals surface area contributed by atoms with E-state index in [9.17, 15) is 13.2 Å². The first-order chi connectivity index (χ1) is 12.7. The second-order valence-corrected chi connectivity index (χ2v) is 6.13. The lowest BCUT2D eigenvalue weighted by Crippen LogP contribution is -2.07. The van der Waals surface area contributed by atoms with Crippen LogP contribution in [0.25, 0.3) is 0 Å². The Balaban J connectivity index is 1.88. The summed E-state index contributed by atoms with van der Waals surface area (Å²) in [6.45, 7) is 3.91. The van der Waals surface area contributed by atoms with Crippen LogP contribution in [0, 0.1) is 13.8 Å². The van der Waals surface area contributed by atoms with Gasteiger partial charge in [-0.25, -0.2) is 9.97 Å². The van der Waals surface area contributed by atoms with E-state index in [-0.39, 0.29) is 17.2 Å². The Hall–Kier alpha value is -3.29. The fraction of sp³-hybridized carbons (Fsp3) is 0.158. The van der Waals surface area contributed by atoms with Gasteiger partial charge in [0.1, 0.15) is 12.0 Å². The van der Waals surface area contributed by atoms with Crippen LogP contribution in [-0.4, -0.2) is 9.97 Å². The van der Waals surface area contributed by atoms with Gasteiger partial charge in [-0.05, 0) is 49.2 Å². The predicted octanol–water partition coefficient (Wildman–Crippen LogP) is 5.18. The lowest BCUT2D eigenvalue weighted by Gasteiger charge is -2.15. The minimum Gasteiger partial charge on any atom is -0.393 e. The topological polar surface area (TPSA) is 75.9 Å². The van der Waals surface area contributed by atoms with Gasteiger partial charge in [0.15, 0.2) is 11.6 Å². The molecule has 0 aliphatic rings. The summed E-state index contributed by atoms with van der Waals surface area (Å²) in [5, 5.41) is 5.97. The van der Waals surface area contributed by atoms with E-state index in [1.807, 2.05) is 32.0 Å². The Morgan fingerprint density at radius 3 is 2.33 bits per heavy atom. The molecule has 0 atom stereocenters. The van der Waals surface area contributed by atoms with Crippen molar-refractivity contribution in [3.63, 3.8) is 0 Å². The molecule has 3 aromatic rings.